The van der Waals surface area contributed by atoms with Crippen molar-refractivity contribution in [1.29, 1.82) is 0 Å². The van der Waals surface area contributed by atoms with Crippen molar-refractivity contribution in [3.05, 3.63) is 119 Å². The predicted octanol–water partition coefficient (Wildman–Crippen LogP) is 5.83. The maximum absolute atomic E-state index is 12.9. The van der Waals surface area contributed by atoms with E-state index in [4.69, 9.17) is 0 Å². The van der Waals surface area contributed by atoms with Gasteiger partial charge in [0, 0.05) is 23.6 Å². The van der Waals surface area contributed by atoms with Crippen LogP contribution >= 0.6 is 0 Å². The summed E-state index contributed by atoms with van der Waals surface area (Å²) >= 11 is 0. The standard InChI is InChI=1S/C31H32N4O4S2/c1-23-12-16-28(17-13-23)40(36,37)34-30-10-6-4-8-26(30)21-32-20-25(3)33-22-27-9-5-7-11-31(27)35-41(38,39)29-18-14-24(2)15-19-29/h4-19,21-22,25,34-35H,20H2,1-3H3/t25-/m0/s1. The molecule has 8 nitrogen and oxygen atoms in total. The first kappa shape index (κ1) is 29.7. The fourth-order valence-corrected chi connectivity index (χ4v) is 5.98. The van der Waals surface area contributed by atoms with Crippen molar-refractivity contribution in [3.8, 4) is 0 Å². The number of para-hydroxylation sites is 2. The zero-order valence-corrected chi connectivity index (χ0v) is 24.7. The molecule has 41 heavy (non-hydrogen) atoms. The lowest BCUT2D eigenvalue weighted by Gasteiger charge is -2.11. The highest BCUT2D eigenvalue weighted by Gasteiger charge is 2.16. The van der Waals surface area contributed by atoms with E-state index >= 15 is 0 Å². The average molecular weight is 589 g/mol. The number of aryl methyl sites for hydroxylation is 2. The molecule has 2 N–H and O–H groups in total. The molecule has 0 aliphatic heterocycles. The van der Waals surface area contributed by atoms with Crippen molar-refractivity contribution in [2.24, 2.45) is 9.98 Å². The molecule has 0 fully saturated rings. The highest BCUT2D eigenvalue weighted by atomic mass is 32.2. The number of hydrogen-bond acceptors (Lipinski definition) is 6. The molecule has 10 heteroatoms. The average Bonchev–Trinajstić information content (AvgIpc) is 2.93. The number of nitrogens with one attached hydrogen (secondary N) is 2. The van der Waals surface area contributed by atoms with Gasteiger partial charge in [-0.15, -0.1) is 0 Å². The summed E-state index contributed by atoms with van der Waals surface area (Å²) in [6.07, 6.45) is 3.24. The van der Waals surface area contributed by atoms with E-state index in [1.165, 1.54) is 0 Å². The molecule has 0 radical (unpaired) electrons. The van der Waals surface area contributed by atoms with Crippen LogP contribution in [0.1, 0.15) is 29.2 Å². The molecule has 0 bridgehead atoms. The van der Waals surface area contributed by atoms with Gasteiger partial charge in [-0.3, -0.25) is 19.4 Å². The van der Waals surface area contributed by atoms with Crippen LogP contribution in [0.15, 0.2) is 117 Å². The molecule has 0 spiro atoms. The van der Waals surface area contributed by atoms with Crippen molar-refractivity contribution < 1.29 is 16.8 Å². The second-order valence-corrected chi connectivity index (χ2v) is 13.0. The van der Waals surface area contributed by atoms with Crippen molar-refractivity contribution >= 4 is 43.9 Å². The largest absolute Gasteiger partial charge is 0.290 e. The lowest BCUT2D eigenvalue weighted by Crippen LogP contribution is -2.14. The molecule has 0 aliphatic rings. The molecule has 0 heterocycles. The Balaban J connectivity index is 1.42. The van der Waals surface area contributed by atoms with E-state index < -0.39 is 20.0 Å². The van der Waals surface area contributed by atoms with Gasteiger partial charge in [-0.05, 0) is 57.2 Å². The third-order valence-corrected chi connectivity index (χ3v) is 8.90. The Hall–Kier alpha value is -4.28. The van der Waals surface area contributed by atoms with Crippen LogP contribution < -0.4 is 9.44 Å². The van der Waals surface area contributed by atoms with Crippen LogP contribution in [0.25, 0.3) is 0 Å². The Morgan fingerprint density at radius 2 is 1.05 bits per heavy atom. The second-order valence-electron chi connectivity index (χ2n) is 9.63. The van der Waals surface area contributed by atoms with Gasteiger partial charge in [0.1, 0.15) is 0 Å². The second kappa shape index (κ2) is 12.9. The molecule has 0 aromatic heterocycles. The number of hydrogen-bond donors (Lipinski definition) is 2. The van der Waals surface area contributed by atoms with Gasteiger partial charge >= 0.3 is 0 Å². The van der Waals surface area contributed by atoms with Gasteiger partial charge in [-0.25, -0.2) is 16.8 Å². The summed E-state index contributed by atoms with van der Waals surface area (Å²) in [6, 6.07) is 27.1. The molecule has 0 aliphatic carbocycles. The van der Waals surface area contributed by atoms with Gasteiger partial charge in [-0.2, -0.15) is 0 Å². The van der Waals surface area contributed by atoms with E-state index in [1.807, 2.05) is 26.8 Å². The zero-order chi connectivity index (χ0) is 29.5. The van der Waals surface area contributed by atoms with Gasteiger partial charge in [0.05, 0.1) is 33.8 Å². The van der Waals surface area contributed by atoms with Crippen LogP contribution in [0.3, 0.4) is 0 Å². The minimum Gasteiger partial charge on any atom is -0.290 e. The van der Waals surface area contributed by atoms with Gasteiger partial charge < -0.3 is 0 Å². The first-order valence-corrected chi connectivity index (χ1v) is 15.9. The molecule has 0 amide bonds. The Kier molecular flexibility index (Phi) is 9.36. The molecule has 212 valence electrons. The van der Waals surface area contributed by atoms with Crippen LogP contribution in [0.2, 0.25) is 0 Å². The molecule has 4 aromatic carbocycles. The Morgan fingerprint density at radius 1 is 0.634 bits per heavy atom. The van der Waals surface area contributed by atoms with E-state index in [0.29, 0.717) is 29.0 Å². The molecular weight excluding hydrogens is 556 g/mol. The maximum Gasteiger partial charge on any atom is 0.261 e. The number of benzene rings is 4. The van der Waals surface area contributed by atoms with Crippen LogP contribution in [0.4, 0.5) is 11.4 Å². The van der Waals surface area contributed by atoms with Crippen molar-refractivity contribution in [1.82, 2.24) is 0 Å². The van der Waals surface area contributed by atoms with E-state index in [-0.39, 0.29) is 15.8 Å². The SMILES string of the molecule is Cc1ccc(S(=O)(=O)Nc2ccccc2C=NC[C@H](C)N=Cc2ccccc2NS(=O)(=O)c2ccc(C)cc2)cc1. The third kappa shape index (κ3) is 8.12. The minimum absolute atomic E-state index is 0.180. The lowest BCUT2D eigenvalue weighted by atomic mass is 10.2. The smallest absolute Gasteiger partial charge is 0.261 e. The summed E-state index contributed by atoms with van der Waals surface area (Å²) in [7, 11) is -7.51. The summed E-state index contributed by atoms with van der Waals surface area (Å²) in [6.45, 7) is 6.02. The minimum atomic E-state index is -3.76. The topological polar surface area (TPSA) is 117 Å². The van der Waals surface area contributed by atoms with E-state index in [1.54, 1.807) is 103 Å². The van der Waals surface area contributed by atoms with E-state index in [0.717, 1.165) is 11.1 Å². The van der Waals surface area contributed by atoms with Crippen LogP contribution in [0, 0.1) is 13.8 Å². The highest BCUT2D eigenvalue weighted by Crippen LogP contribution is 2.21. The summed E-state index contributed by atoms with van der Waals surface area (Å²) in [5, 5.41) is 0. The van der Waals surface area contributed by atoms with Crippen LogP contribution in [0.5, 0.6) is 0 Å². The zero-order valence-electron chi connectivity index (χ0n) is 23.0. The first-order chi connectivity index (χ1) is 19.5. The Morgan fingerprint density at radius 3 is 1.51 bits per heavy atom. The van der Waals surface area contributed by atoms with E-state index in [2.05, 4.69) is 19.4 Å². The number of anilines is 2. The van der Waals surface area contributed by atoms with Crippen LogP contribution in [-0.4, -0.2) is 41.9 Å². The lowest BCUT2D eigenvalue weighted by molar-refractivity contribution is 0.599. The summed E-state index contributed by atoms with van der Waals surface area (Å²) in [5.41, 5.74) is 4.02. The first-order valence-electron chi connectivity index (χ1n) is 12.9. The summed E-state index contributed by atoms with van der Waals surface area (Å²) in [4.78, 5) is 9.38. The molecule has 4 rings (SSSR count). The highest BCUT2D eigenvalue weighted by molar-refractivity contribution is 7.93. The predicted molar refractivity (Wildman–Crippen MR) is 166 cm³/mol. The Labute approximate surface area is 242 Å². The number of rotatable bonds is 11. The molecule has 0 saturated carbocycles. The quantitative estimate of drug-likeness (QED) is 0.214. The molecule has 0 unspecified atom stereocenters. The molecule has 1 atom stereocenters. The van der Waals surface area contributed by atoms with Gasteiger partial charge in [-0.1, -0.05) is 71.8 Å². The van der Waals surface area contributed by atoms with Crippen molar-refractivity contribution in [3.63, 3.8) is 0 Å². The fourth-order valence-electron chi connectivity index (χ4n) is 3.81. The van der Waals surface area contributed by atoms with Gasteiger partial charge in [0.15, 0.2) is 0 Å². The number of sulfonamides is 2. The molecular formula is C31H32N4O4S2. The Bertz CT molecular complexity index is 1770. The number of aliphatic imine (C=N–C) groups is 2. The molecule has 0 saturated heterocycles. The van der Waals surface area contributed by atoms with E-state index in [9.17, 15) is 16.8 Å². The third-order valence-electron chi connectivity index (χ3n) is 6.14. The monoisotopic (exact) mass is 588 g/mol. The maximum atomic E-state index is 12.9. The molecule has 4 aromatic rings. The summed E-state index contributed by atoms with van der Waals surface area (Å²) < 4.78 is 56.7. The summed E-state index contributed by atoms with van der Waals surface area (Å²) in [5.74, 6) is 0. The van der Waals surface area contributed by atoms with Crippen molar-refractivity contribution in [2.45, 2.75) is 36.6 Å². The van der Waals surface area contributed by atoms with Gasteiger partial charge in [0.25, 0.3) is 20.0 Å². The number of nitrogens with zero attached hydrogens (tertiary/aromatic N) is 2. The van der Waals surface area contributed by atoms with Gasteiger partial charge in [0.2, 0.25) is 0 Å². The fraction of sp³-hybridized carbons (Fsp3) is 0.161. The van der Waals surface area contributed by atoms with Crippen molar-refractivity contribution in [2.75, 3.05) is 16.0 Å². The van der Waals surface area contributed by atoms with Crippen LogP contribution in [-0.2, 0) is 20.0 Å². The normalized spacial score (nSPS) is 13.0.